The third-order valence-corrected chi connectivity index (χ3v) is 4.85. The van der Waals surface area contributed by atoms with Crippen molar-refractivity contribution < 1.29 is 19.0 Å². The average Bonchev–Trinajstić information content (AvgIpc) is 3.20. The first kappa shape index (κ1) is 28.9. The van der Waals surface area contributed by atoms with Crippen LogP contribution in [0.2, 0.25) is 0 Å². The number of methoxy groups -OCH3 is 2. The second-order valence-corrected chi connectivity index (χ2v) is 8.69. The van der Waals surface area contributed by atoms with Crippen LogP contribution in [0.4, 0.5) is 10.5 Å². The minimum Gasteiger partial charge on any atom is -0.497 e. The molecule has 3 N–H and O–H groups in total. The summed E-state index contributed by atoms with van der Waals surface area (Å²) < 4.78 is 16.0. The number of aliphatic imine (C=N–C) groups is 1. The number of ether oxygens (including phenoxy) is 3. The molecular weight excluding hydrogens is 537 g/mol. The molecule has 1 aliphatic heterocycles. The molecule has 0 bridgehead atoms. The van der Waals surface area contributed by atoms with Crippen LogP contribution in [0, 0.1) is 0 Å². The molecule has 1 aromatic carbocycles. The number of guanidine groups is 1. The van der Waals surface area contributed by atoms with E-state index in [2.05, 4.69) is 25.8 Å². The highest BCUT2D eigenvalue weighted by molar-refractivity contribution is 14.0. The maximum atomic E-state index is 11.7. The molecule has 1 aliphatic rings. The van der Waals surface area contributed by atoms with Gasteiger partial charge in [0.2, 0.25) is 0 Å². The Morgan fingerprint density at radius 2 is 1.82 bits per heavy atom. The van der Waals surface area contributed by atoms with Gasteiger partial charge in [0.05, 0.1) is 14.2 Å². The average molecular weight is 578 g/mol. The third-order valence-electron chi connectivity index (χ3n) is 4.85. The van der Waals surface area contributed by atoms with Crippen molar-refractivity contribution in [2.45, 2.75) is 52.2 Å². The fourth-order valence-corrected chi connectivity index (χ4v) is 3.38. The predicted molar refractivity (Wildman–Crippen MR) is 144 cm³/mol. The van der Waals surface area contributed by atoms with Crippen molar-refractivity contribution in [1.82, 2.24) is 16.0 Å². The number of carbonyl (C=O) groups excluding carboxylic acids is 1. The fraction of sp³-hybridized carbons (Fsp3) is 0.652. The number of nitrogens with one attached hydrogen (secondary N) is 3. The van der Waals surface area contributed by atoms with Gasteiger partial charge in [0.25, 0.3) is 0 Å². The summed E-state index contributed by atoms with van der Waals surface area (Å²) in [6.45, 7) is 11.3. The second kappa shape index (κ2) is 14.2. The number of alkyl carbamates (subject to hydrolysis) is 1. The summed E-state index contributed by atoms with van der Waals surface area (Å²) in [5.74, 6) is 2.36. The van der Waals surface area contributed by atoms with Gasteiger partial charge in [0, 0.05) is 62.7 Å². The monoisotopic (exact) mass is 577 g/mol. The number of benzene rings is 1. The normalized spacial score (nSPS) is 16.0. The number of amides is 1. The smallest absolute Gasteiger partial charge is 0.407 e. The van der Waals surface area contributed by atoms with E-state index < -0.39 is 11.7 Å². The number of hydrogen-bond donors (Lipinski definition) is 3. The minimum absolute atomic E-state index is 0. The predicted octanol–water partition coefficient (Wildman–Crippen LogP) is 3.37. The van der Waals surface area contributed by atoms with Crippen LogP contribution in [0.15, 0.2) is 23.2 Å². The van der Waals surface area contributed by atoms with E-state index in [0.717, 1.165) is 55.6 Å². The lowest BCUT2D eigenvalue weighted by Gasteiger charge is -2.21. The molecule has 2 rings (SSSR count). The Labute approximate surface area is 215 Å². The van der Waals surface area contributed by atoms with Crippen molar-refractivity contribution in [1.29, 1.82) is 0 Å². The number of anilines is 1. The summed E-state index contributed by atoms with van der Waals surface area (Å²) in [7, 11) is 3.32. The summed E-state index contributed by atoms with van der Waals surface area (Å²) in [4.78, 5) is 18.7. The molecule has 1 amide bonds. The maximum absolute atomic E-state index is 11.7. The Kier molecular flexibility index (Phi) is 12.5. The van der Waals surface area contributed by atoms with Gasteiger partial charge in [-0.15, -0.1) is 24.0 Å². The molecule has 0 aliphatic carbocycles. The number of carbonyl (C=O) groups is 1. The van der Waals surface area contributed by atoms with Gasteiger partial charge in [-0.25, -0.2) is 4.79 Å². The number of nitrogens with zero attached hydrogens (tertiary/aromatic N) is 2. The summed E-state index contributed by atoms with van der Waals surface area (Å²) in [6, 6.07) is 6.22. The molecule has 1 unspecified atom stereocenters. The Hall–Kier alpha value is -2.11. The van der Waals surface area contributed by atoms with Crippen LogP contribution < -0.4 is 30.3 Å². The van der Waals surface area contributed by atoms with E-state index in [1.165, 1.54) is 0 Å². The van der Waals surface area contributed by atoms with Crippen LogP contribution in [-0.2, 0) is 4.74 Å². The van der Waals surface area contributed by atoms with Gasteiger partial charge in [-0.05, 0) is 40.5 Å². The van der Waals surface area contributed by atoms with E-state index in [9.17, 15) is 4.79 Å². The van der Waals surface area contributed by atoms with Crippen LogP contribution in [-0.4, -0.2) is 70.6 Å². The first-order chi connectivity index (χ1) is 15.2. The van der Waals surface area contributed by atoms with Crippen LogP contribution in [0.3, 0.4) is 0 Å². The second-order valence-electron chi connectivity index (χ2n) is 8.69. The quantitative estimate of drug-likeness (QED) is 0.179. The third kappa shape index (κ3) is 10.6. The molecule has 0 saturated carbocycles. The summed E-state index contributed by atoms with van der Waals surface area (Å²) in [5, 5.41) is 9.59. The van der Waals surface area contributed by atoms with Gasteiger partial charge in [0.15, 0.2) is 5.96 Å². The Morgan fingerprint density at radius 1 is 1.15 bits per heavy atom. The summed E-state index contributed by atoms with van der Waals surface area (Å²) >= 11 is 0. The SMILES string of the molecule is CCNC(=NCCCNC(=O)OC(C)(C)C)NC1CCN(c2cc(OC)cc(OC)c2)C1.I. The van der Waals surface area contributed by atoms with Crippen molar-refractivity contribution in [3.63, 3.8) is 0 Å². The molecule has 0 spiro atoms. The van der Waals surface area contributed by atoms with Gasteiger partial charge < -0.3 is 35.1 Å². The first-order valence-corrected chi connectivity index (χ1v) is 11.2. The van der Waals surface area contributed by atoms with E-state index in [4.69, 9.17) is 14.2 Å². The molecule has 0 radical (unpaired) electrons. The topological polar surface area (TPSA) is 96.5 Å². The first-order valence-electron chi connectivity index (χ1n) is 11.2. The van der Waals surface area contributed by atoms with Crippen LogP contribution in [0.5, 0.6) is 11.5 Å². The zero-order chi connectivity index (χ0) is 23.6. The number of halogens is 1. The molecular formula is C23H40IN5O4. The molecule has 1 aromatic rings. The highest BCUT2D eigenvalue weighted by Crippen LogP contribution is 2.30. The molecule has 1 saturated heterocycles. The van der Waals surface area contributed by atoms with Gasteiger partial charge >= 0.3 is 6.09 Å². The van der Waals surface area contributed by atoms with Crippen LogP contribution in [0.1, 0.15) is 40.5 Å². The number of hydrogen-bond acceptors (Lipinski definition) is 6. The zero-order valence-electron chi connectivity index (χ0n) is 20.7. The van der Waals surface area contributed by atoms with E-state index in [1.807, 2.05) is 45.9 Å². The molecule has 33 heavy (non-hydrogen) atoms. The van der Waals surface area contributed by atoms with Crippen LogP contribution in [0.25, 0.3) is 0 Å². The zero-order valence-corrected chi connectivity index (χ0v) is 23.0. The van der Waals surface area contributed by atoms with E-state index in [-0.39, 0.29) is 30.0 Å². The van der Waals surface area contributed by atoms with Gasteiger partial charge in [-0.2, -0.15) is 0 Å². The standard InChI is InChI=1S/C23H39N5O4.HI/c1-7-24-21(25-10-8-11-26-22(29)32-23(2,3)4)27-17-9-12-28(16-17)18-13-19(30-5)15-20(14-18)31-6;/h13-15,17H,7-12,16H2,1-6H3,(H,26,29)(H2,24,25,27);1H. The molecule has 0 aromatic heterocycles. The molecule has 188 valence electrons. The van der Waals surface area contributed by atoms with E-state index >= 15 is 0 Å². The van der Waals surface area contributed by atoms with Crippen molar-refractivity contribution in [3.8, 4) is 11.5 Å². The van der Waals surface area contributed by atoms with Crippen molar-refractivity contribution in [3.05, 3.63) is 18.2 Å². The lowest BCUT2D eigenvalue weighted by molar-refractivity contribution is 0.0527. The van der Waals surface area contributed by atoms with Crippen molar-refractivity contribution in [2.75, 3.05) is 51.8 Å². The Morgan fingerprint density at radius 3 is 2.39 bits per heavy atom. The van der Waals surface area contributed by atoms with Gasteiger partial charge in [-0.3, -0.25) is 4.99 Å². The Balaban J connectivity index is 0.00000544. The van der Waals surface area contributed by atoms with Crippen molar-refractivity contribution >= 4 is 41.7 Å². The van der Waals surface area contributed by atoms with Crippen molar-refractivity contribution in [2.24, 2.45) is 4.99 Å². The summed E-state index contributed by atoms with van der Waals surface area (Å²) in [5.41, 5.74) is 0.593. The Bertz CT molecular complexity index is 747. The minimum atomic E-state index is -0.491. The lowest BCUT2D eigenvalue weighted by atomic mass is 10.2. The molecule has 1 fully saturated rings. The summed E-state index contributed by atoms with van der Waals surface area (Å²) in [6.07, 6.45) is 1.34. The largest absolute Gasteiger partial charge is 0.497 e. The lowest BCUT2D eigenvalue weighted by Crippen LogP contribution is -2.44. The molecule has 9 nitrogen and oxygen atoms in total. The van der Waals surface area contributed by atoms with Gasteiger partial charge in [-0.1, -0.05) is 0 Å². The van der Waals surface area contributed by atoms with Gasteiger partial charge in [0.1, 0.15) is 17.1 Å². The van der Waals surface area contributed by atoms with Crippen LogP contribution >= 0.6 is 24.0 Å². The molecule has 1 atom stereocenters. The molecule has 10 heteroatoms. The van der Waals surface area contributed by atoms with E-state index in [1.54, 1.807) is 14.2 Å². The maximum Gasteiger partial charge on any atom is 0.407 e. The highest BCUT2D eigenvalue weighted by atomic mass is 127. The fourth-order valence-electron chi connectivity index (χ4n) is 3.38. The molecule has 1 heterocycles. The van der Waals surface area contributed by atoms with E-state index in [0.29, 0.717) is 13.1 Å². The highest BCUT2D eigenvalue weighted by Gasteiger charge is 2.24. The number of rotatable bonds is 9.